The second-order valence-electron chi connectivity index (χ2n) is 8.00. The molecule has 3 aromatic rings. The minimum absolute atomic E-state index is 0.155. The van der Waals surface area contributed by atoms with Gasteiger partial charge in [0.1, 0.15) is 12.1 Å². The van der Waals surface area contributed by atoms with Crippen LogP contribution in [0.5, 0.6) is 0 Å². The maximum Gasteiger partial charge on any atom is 0.353 e. The summed E-state index contributed by atoms with van der Waals surface area (Å²) < 4.78 is 14.1. The number of nitro groups is 1. The van der Waals surface area contributed by atoms with Crippen molar-refractivity contribution in [1.29, 1.82) is 0 Å². The molecule has 9 heteroatoms. The summed E-state index contributed by atoms with van der Waals surface area (Å²) in [4.78, 5) is 23.7. The highest BCUT2D eigenvalue weighted by molar-refractivity contribution is 5.74. The van der Waals surface area contributed by atoms with E-state index in [2.05, 4.69) is 22.2 Å². The summed E-state index contributed by atoms with van der Waals surface area (Å²) >= 11 is 0. The van der Waals surface area contributed by atoms with Crippen LogP contribution in [0.4, 0.5) is 33.1 Å². The van der Waals surface area contributed by atoms with Gasteiger partial charge in [-0.3, -0.25) is 10.1 Å². The number of hydrogen-bond donors (Lipinski definition) is 1. The van der Waals surface area contributed by atoms with Crippen LogP contribution in [-0.2, 0) is 6.42 Å². The van der Waals surface area contributed by atoms with Gasteiger partial charge in [0.05, 0.1) is 10.6 Å². The molecule has 1 aliphatic heterocycles. The molecule has 2 aromatic carbocycles. The number of benzene rings is 2. The van der Waals surface area contributed by atoms with Crippen molar-refractivity contribution in [3.8, 4) is 0 Å². The summed E-state index contributed by atoms with van der Waals surface area (Å²) in [6, 6.07) is 14.5. The highest BCUT2D eigenvalue weighted by atomic mass is 19.1. The molecule has 1 saturated heterocycles. The maximum atomic E-state index is 14.1. The molecule has 0 spiro atoms. The number of unbranched alkanes of at least 4 members (excludes halogenated alkanes) is 1. The number of anilines is 4. The molecule has 4 rings (SSSR count). The molecular formula is C24H27FN6O2. The lowest BCUT2D eigenvalue weighted by Gasteiger charge is -2.36. The number of piperazine rings is 1. The first-order chi connectivity index (χ1) is 16.1. The summed E-state index contributed by atoms with van der Waals surface area (Å²) in [6.07, 6.45) is 4.60. The van der Waals surface area contributed by atoms with Crippen molar-refractivity contribution in [3.63, 3.8) is 0 Å². The number of nitrogens with one attached hydrogen (secondary N) is 1. The van der Waals surface area contributed by atoms with Crippen molar-refractivity contribution in [2.45, 2.75) is 26.2 Å². The molecule has 1 aliphatic rings. The zero-order chi connectivity index (χ0) is 23.2. The molecule has 1 N–H and O–H groups in total. The highest BCUT2D eigenvalue weighted by Crippen LogP contribution is 2.34. The van der Waals surface area contributed by atoms with Gasteiger partial charge in [0.2, 0.25) is 11.6 Å². The van der Waals surface area contributed by atoms with Crippen LogP contribution in [0, 0.1) is 15.9 Å². The van der Waals surface area contributed by atoms with Gasteiger partial charge in [0.25, 0.3) is 0 Å². The van der Waals surface area contributed by atoms with E-state index in [1.807, 2.05) is 34.1 Å². The molecule has 8 nitrogen and oxygen atoms in total. The first-order valence-electron chi connectivity index (χ1n) is 11.2. The van der Waals surface area contributed by atoms with Gasteiger partial charge in [0.15, 0.2) is 0 Å². The predicted molar refractivity (Wildman–Crippen MR) is 128 cm³/mol. The minimum Gasteiger partial charge on any atom is -0.366 e. The van der Waals surface area contributed by atoms with E-state index >= 15 is 0 Å². The van der Waals surface area contributed by atoms with Crippen LogP contribution in [0.25, 0.3) is 0 Å². The van der Waals surface area contributed by atoms with Crippen LogP contribution in [0.2, 0.25) is 0 Å². The molecule has 1 fully saturated rings. The number of para-hydroxylation sites is 1. The average molecular weight is 451 g/mol. The highest BCUT2D eigenvalue weighted by Gasteiger charge is 2.29. The van der Waals surface area contributed by atoms with Crippen LogP contribution in [-0.4, -0.2) is 41.1 Å². The number of nitrogens with zero attached hydrogens (tertiary/aromatic N) is 5. The molecule has 33 heavy (non-hydrogen) atoms. The molecule has 2 heterocycles. The third-order valence-corrected chi connectivity index (χ3v) is 5.79. The Morgan fingerprint density at radius 1 is 1.03 bits per heavy atom. The Balaban J connectivity index is 1.51. The monoisotopic (exact) mass is 450 g/mol. The number of rotatable bonds is 8. The van der Waals surface area contributed by atoms with E-state index in [-0.39, 0.29) is 23.1 Å². The van der Waals surface area contributed by atoms with Crippen molar-refractivity contribution < 1.29 is 9.31 Å². The van der Waals surface area contributed by atoms with Gasteiger partial charge < -0.3 is 15.1 Å². The minimum atomic E-state index is -0.448. The van der Waals surface area contributed by atoms with Crippen molar-refractivity contribution in [2.75, 3.05) is 41.3 Å². The Morgan fingerprint density at radius 3 is 2.39 bits per heavy atom. The van der Waals surface area contributed by atoms with E-state index in [4.69, 9.17) is 0 Å². The van der Waals surface area contributed by atoms with Crippen molar-refractivity contribution in [2.24, 2.45) is 0 Å². The third kappa shape index (κ3) is 5.19. The molecule has 0 aliphatic carbocycles. The van der Waals surface area contributed by atoms with Crippen LogP contribution >= 0.6 is 0 Å². The van der Waals surface area contributed by atoms with Crippen LogP contribution in [0.3, 0.4) is 0 Å². The van der Waals surface area contributed by atoms with E-state index in [1.165, 1.54) is 18.0 Å². The average Bonchev–Trinajstić information content (AvgIpc) is 2.84. The van der Waals surface area contributed by atoms with Crippen molar-refractivity contribution in [1.82, 2.24) is 9.97 Å². The molecule has 0 saturated carbocycles. The lowest BCUT2D eigenvalue weighted by Crippen LogP contribution is -2.47. The molecular weight excluding hydrogens is 423 g/mol. The fourth-order valence-corrected chi connectivity index (χ4v) is 4.00. The quantitative estimate of drug-likeness (QED) is 0.384. The van der Waals surface area contributed by atoms with Crippen molar-refractivity contribution in [3.05, 3.63) is 76.4 Å². The van der Waals surface area contributed by atoms with Gasteiger partial charge >= 0.3 is 5.69 Å². The van der Waals surface area contributed by atoms with Gasteiger partial charge in [-0.25, -0.2) is 14.4 Å². The lowest BCUT2D eigenvalue weighted by atomic mass is 10.1. The topological polar surface area (TPSA) is 87.4 Å². The lowest BCUT2D eigenvalue weighted by molar-refractivity contribution is -0.383. The fourth-order valence-electron chi connectivity index (χ4n) is 4.00. The van der Waals surface area contributed by atoms with Gasteiger partial charge in [-0.05, 0) is 42.7 Å². The number of hydrogen-bond acceptors (Lipinski definition) is 7. The van der Waals surface area contributed by atoms with E-state index < -0.39 is 4.92 Å². The largest absolute Gasteiger partial charge is 0.366 e. The van der Waals surface area contributed by atoms with Crippen LogP contribution in [0.1, 0.15) is 25.3 Å². The van der Waals surface area contributed by atoms with E-state index in [9.17, 15) is 14.5 Å². The Hall–Kier alpha value is -3.75. The summed E-state index contributed by atoms with van der Waals surface area (Å²) in [5, 5.41) is 15.1. The first-order valence-corrected chi connectivity index (χ1v) is 11.2. The van der Waals surface area contributed by atoms with Crippen molar-refractivity contribution >= 4 is 28.7 Å². The maximum absolute atomic E-state index is 14.1. The predicted octanol–water partition coefficient (Wildman–Crippen LogP) is 4.94. The summed E-state index contributed by atoms with van der Waals surface area (Å²) in [6.45, 7) is 4.19. The second kappa shape index (κ2) is 10.2. The zero-order valence-electron chi connectivity index (χ0n) is 18.6. The Morgan fingerprint density at radius 2 is 1.73 bits per heavy atom. The SMILES string of the molecule is CCCCc1ccc(Nc2ncnc(N3CCN(c4ccccc4F)CC3)c2[N+](=O)[O-])cc1. The first kappa shape index (κ1) is 22.4. The normalized spacial score (nSPS) is 13.8. The third-order valence-electron chi connectivity index (χ3n) is 5.79. The van der Waals surface area contributed by atoms with E-state index in [0.29, 0.717) is 31.9 Å². The second-order valence-corrected chi connectivity index (χ2v) is 8.00. The van der Waals surface area contributed by atoms with Gasteiger partial charge in [-0.2, -0.15) is 0 Å². The van der Waals surface area contributed by atoms with Gasteiger partial charge in [-0.15, -0.1) is 0 Å². The molecule has 0 unspecified atom stereocenters. The summed E-state index contributed by atoms with van der Waals surface area (Å²) in [5.74, 6) is 0.152. The Kier molecular flexibility index (Phi) is 6.97. The molecule has 0 bridgehead atoms. The fraction of sp³-hybridized carbons (Fsp3) is 0.333. The molecule has 0 amide bonds. The van der Waals surface area contributed by atoms with E-state index in [1.54, 1.807) is 18.2 Å². The van der Waals surface area contributed by atoms with Crippen LogP contribution < -0.4 is 15.1 Å². The molecule has 172 valence electrons. The van der Waals surface area contributed by atoms with Crippen LogP contribution in [0.15, 0.2) is 54.9 Å². The molecule has 0 radical (unpaired) electrons. The number of halogens is 1. The summed E-state index contributed by atoms with van der Waals surface area (Å²) in [5.41, 5.74) is 2.34. The number of aromatic nitrogens is 2. The zero-order valence-corrected chi connectivity index (χ0v) is 18.6. The van der Waals surface area contributed by atoms with Gasteiger partial charge in [-0.1, -0.05) is 37.6 Å². The smallest absolute Gasteiger partial charge is 0.353 e. The Bertz CT molecular complexity index is 1100. The summed E-state index contributed by atoms with van der Waals surface area (Å²) in [7, 11) is 0. The van der Waals surface area contributed by atoms with Gasteiger partial charge in [0, 0.05) is 31.9 Å². The molecule has 1 aromatic heterocycles. The Labute approximate surface area is 192 Å². The number of aryl methyl sites for hydroxylation is 1. The molecule has 0 atom stereocenters. The standard InChI is InChI=1S/C24H27FN6O2/c1-2-3-6-18-9-11-19(12-10-18)28-23-22(31(32)33)24(27-17-26-23)30-15-13-29(14-16-30)21-8-5-4-7-20(21)25/h4-5,7-12,17H,2-3,6,13-16H2,1H3,(H,26,27,28). The van der Waals surface area contributed by atoms with E-state index in [0.717, 1.165) is 24.9 Å².